The van der Waals surface area contributed by atoms with Crippen LogP contribution in [0.4, 0.5) is 0 Å². The molecule has 0 saturated carbocycles. The molecule has 3 rings (SSSR count). The Hall–Kier alpha value is -3.11. The number of thioether (sulfide) groups is 1. The highest BCUT2D eigenvalue weighted by atomic mass is 32.2. The molecule has 0 amide bonds. The molecule has 0 spiro atoms. The predicted octanol–water partition coefficient (Wildman–Crippen LogP) is 2.73. The van der Waals surface area contributed by atoms with Crippen LogP contribution in [0.15, 0.2) is 58.5 Å². The molecule has 0 aliphatic carbocycles. The van der Waals surface area contributed by atoms with Crippen LogP contribution < -0.4 is 5.56 Å². The van der Waals surface area contributed by atoms with Gasteiger partial charge >= 0.3 is 5.97 Å². The Morgan fingerprint density at radius 1 is 1.23 bits per heavy atom. The lowest BCUT2D eigenvalue weighted by molar-refractivity contribution is -0.141. The van der Waals surface area contributed by atoms with Crippen LogP contribution in [-0.2, 0) is 21.8 Å². The Morgan fingerprint density at radius 3 is 2.73 bits per heavy atom. The Morgan fingerprint density at radius 2 is 1.96 bits per heavy atom. The van der Waals surface area contributed by atoms with E-state index in [0.717, 1.165) is 5.56 Å². The maximum atomic E-state index is 12.8. The Balaban J connectivity index is 2.03. The first-order valence-electron chi connectivity index (χ1n) is 7.81. The molecule has 0 radical (unpaired) electrons. The molecule has 0 fully saturated rings. The second-order valence-corrected chi connectivity index (χ2v) is 6.38. The number of nitrogens with zero attached hydrogens (tertiary/aromatic N) is 3. The molecular weight excluding hydrogens is 350 g/mol. The van der Waals surface area contributed by atoms with Crippen LogP contribution >= 0.6 is 11.8 Å². The van der Waals surface area contributed by atoms with E-state index >= 15 is 0 Å². The van der Waals surface area contributed by atoms with Crippen molar-refractivity contribution in [3.8, 4) is 6.07 Å². The molecule has 26 heavy (non-hydrogen) atoms. The quantitative estimate of drug-likeness (QED) is 0.393. The van der Waals surface area contributed by atoms with E-state index in [1.54, 1.807) is 36.4 Å². The van der Waals surface area contributed by atoms with Crippen LogP contribution in [0.3, 0.4) is 0 Å². The van der Waals surface area contributed by atoms with Crippen LogP contribution in [0, 0.1) is 11.3 Å². The van der Waals surface area contributed by atoms with Gasteiger partial charge in [-0.1, -0.05) is 42.1 Å². The van der Waals surface area contributed by atoms with Gasteiger partial charge in [0.2, 0.25) is 0 Å². The molecule has 2 aromatic carbocycles. The number of para-hydroxylation sites is 1. The number of rotatable bonds is 5. The summed E-state index contributed by atoms with van der Waals surface area (Å²) >= 11 is 1.30. The van der Waals surface area contributed by atoms with E-state index in [4.69, 9.17) is 4.74 Å². The highest BCUT2D eigenvalue weighted by Crippen LogP contribution is 2.23. The Bertz CT molecular complexity index is 1070. The first-order valence-corrected chi connectivity index (χ1v) is 8.80. The zero-order chi connectivity index (χ0) is 18.5. The van der Waals surface area contributed by atoms with Gasteiger partial charge < -0.3 is 4.74 Å². The van der Waals surface area contributed by atoms with Crippen LogP contribution in [0.5, 0.6) is 0 Å². The van der Waals surface area contributed by atoms with E-state index < -0.39 is 5.97 Å². The first-order chi connectivity index (χ1) is 12.6. The molecule has 0 unspecified atom stereocenters. The van der Waals surface area contributed by atoms with Gasteiger partial charge in [-0.05, 0) is 23.8 Å². The standard InChI is InChI=1S/C19H15N3O3S/c1-25-17(23)11-22-18(24)15-8-4-5-9-16(15)21-19(22)26-12-14-7-3-2-6-13(14)10-20/h2-9H,11-12H2,1H3. The van der Waals surface area contributed by atoms with Gasteiger partial charge in [0.15, 0.2) is 5.16 Å². The van der Waals surface area contributed by atoms with Crippen LogP contribution in [0.2, 0.25) is 0 Å². The highest BCUT2D eigenvalue weighted by molar-refractivity contribution is 7.98. The van der Waals surface area contributed by atoms with Crippen molar-refractivity contribution in [3.05, 3.63) is 70.0 Å². The molecule has 1 aromatic heterocycles. The fraction of sp³-hybridized carbons (Fsp3) is 0.158. The van der Waals surface area contributed by atoms with Gasteiger partial charge in [0, 0.05) is 5.75 Å². The summed E-state index contributed by atoms with van der Waals surface area (Å²) in [5, 5.41) is 10.1. The maximum Gasteiger partial charge on any atom is 0.325 e. The van der Waals surface area contributed by atoms with E-state index in [-0.39, 0.29) is 12.1 Å². The normalized spacial score (nSPS) is 10.5. The van der Waals surface area contributed by atoms with Crippen molar-refractivity contribution in [1.29, 1.82) is 5.26 Å². The lowest BCUT2D eigenvalue weighted by Crippen LogP contribution is -2.27. The third-order valence-electron chi connectivity index (χ3n) is 3.84. The number of ether oxygens (including phenoxy) is 1. The third kappa shape index (κ3) is 3.60. The first kappa shape index (κ1) is 17.7. The van der Waals surface area contributed by atoms with Crippen LogP contribution in [0.25, 0.3) is 10.9 Å². The summed E-state index contributed by atoms with van der Waals surface area (Å²) in [6.45, 7) is -0.213. The summed E-state index contributed by atoms with van der Waals surface area (Å²) in [6.07, 6.45) is 0. The van der Waals surface area contributed by atoms with Crippen molar-refractivity contribution in [3.63, 3.8) is 0 Å². The van der Waals surface area contributed by atoms with Gasteiger partial charge in [0.1, 0.15) is 6.54 Å². The summed E-state index contributed by atoms with van der Waals surface area (Å²) in [5.41, 5.74) is 1.68. The van der Waals surface area contributed by atoms with Crippen molar-refractivity contribution >= 4 is 28.6 Å². The van der Waals surface area contributed by atoms with E-state index in [2.05, 4.69) is 11.1 Å². The number of nitriles is 1. The van der Waals surface area contributed by atoms with E-state index in [0.29, 0.717) is 27.4 Å². The summed E-state index contributed by atoms with van der Waals surface area (Å²) < 4.78 is 6.01. The number of benzene rings is 2. The molecule has 0 aliphatic heterocycles. The second-order valence-electron chi connectivity index (χ2n) is 5.44. The predicted molar refractivity (Wildman–Crippen MR) is 98.7 cm³/mol. The Labute approximate surface area is 154 Å². The van der Waals surface area contributed by atoms with Gasteiger partial charge in [-0.25, -0.2) is 4.98 Å². The number of esters is 1. The zero-order valence-corrected chi connectivity index (χ0v) is 14.8. The number of hydrogen-bond acceptors (Lipinski definition) is 6. The van der Waals surface area contributed by atoms with Crippen molar-refractivity contribution < 1.29 is 9.53 Å². The summed E-state index contributed by atoms with van der Waals surface area (Å²) in [6, 6.07) is 16.4. The van der Waals surface area contributed by atoms with Crippen molar-refractivity contribution in [2.75, 3.05) is 7.11 Å². The van der Waals surface area contributed by atoms with Gasteiger partial charge in [-0.15, -0.1) is 0 Å². The summed E-state index contributed by atoms with van der Waals surface area (Å²) in [7, 11) is 1.28. The lowest BCUT2D eigenvalue weighted by atomic mass is 10.1. The monoisotopic (exact) mass is 365 g/mol. The average Bonchev–Trinajstić information content (AvgIpc) is 2.68. The largest absolute Gasteiger partial charge is 0.468 e. The second kappa shape index (κ2) is 7.85. The molecule has 0 N–H and O–H groups in total. The van der Waals surface area contributed by atoms with Gasteiger partial charge in [-0.2, -0.15) is 5.26 Å². The lowest BCUT2D eigenvalue weighted by Gasteiger charge is -2.12. The van der Waals surface area contributed by atoms with Crippen LogP contribution in [-0.4, -0.2) is 22.6 Å². The van der Waals surface area contributed by atoms with Crippen molar-refractivity contribution in [2.24, 2.45) is 0 Å². The summed E-state index contributed by atoms with van der Waals surface area (Å²) in [4.78, 5) is 29.0. The van der Waals surface area contributed by atoms with Crippen molar-refractivity contribution in [2.45, 2.75) is 17.5 Å². The SMILES string of the molecule is COC(=O)Cn1c(SCc2ccccc2C#N)nc2ccccc2c1=O. The van der Waals surface area contributed by atoms with Gasteiger partial charge in [0.05, 0.1) is 29.6 Å². The molecule has 0 saturated heterocycles. The minimum atomic E-state index is -0.525. The minimum absolute atomic E-state index is 0.213. The fourth-order valence-corrected chi connectivity index (χ4v) is 3.49. The number of methoxy groups -OCH3 is 1. The number of hydrogen-bond donors (Lipinski definition) is 0. The zero-order valence-electron chi connectivity index (χ0n) is 14.0. The molecule has 3 aromatic rings. The molecular formula is C19H15N3O3S. The summed E-state index contributed by atoms with van der Waals surface area (Å²) in [5.74, 6) is -0.0705. The van der Waals surface area contributed by atoms with E-state index in [1.165, 1.54) is 23.4 Å². The smallest absolute Gasteiger partial charge is 0.325 e. The molecule has 130 valence electrons. The van der Waals surface area contributed by atoms with E-state index in [1.807, 2.05) is 12.1 Å². The fourth-order valence-electron chi connectivity index (χ4n) is 2.49. The molecule has 6 nitrogen and oxygen atoms in total. The molecule has 1 heterocycles. The van der Waals surface area contributed by atoms with Crippen LogP contribution in [0.1, 0.15) is 11.1 Å². The average molecular weight is 365 g/mol. The molecule has 7 heteroatoms. The minimum Gasteiger partial charge on any atom is -0.468 e. The molecule has 0 atom stereocenters. The third-order valence-corrected chi connectivity index (χ3v) is 4.86. The maximum absolute atomic E-state index is 12.8. The topological polar surface area (TPSA) is 85.0 Å². The van der Waals surface area contributed by atoms with Crippen molar-refractivity contribution in [1.82, 2.24) is 9.55 Å². The molecule has 0 bridgehead atoms. The molecule has 0 aliphatic rings. The highest BCUT2D eigenvalue weighted by Gasteiger charge is 2.15. The van der Waals surface area contributed by atoms with E-state index in [9.17, 15) is 14.9 Å². The Kier molecular flexibility index (Phi) is 5.34. The number of carbonyl (C=O) groups excluding carboxylic acids is 1. The number of fused-ring (bicyclic) bond motifs is 1. The number of aromatic nitrogens is 2. The van der Waals surface area contributed by atoms with Gasteiger partial charge in [0.25, 0.3) is 5.56 Å². The number of carbonyl (C=O) groups is 1. The van der Waals surface area contributed by atoms with Gasteiger partial charge in [-0.3, -0.25) is 14.2 Å².